The largest absolute Gasteiger partial charge is 0.501 e. The van der Waals surface area contributed by atoms with Crippen molar-refractivity contribution >= 4 is 11.7 Å². The van der Waals surface area contributed by atoms with Gasteiger partial charge in [0.2, 0.25) is 0 Å². The number of hydrogen-bond acceptors (Lipinski definition) is 3. The highest BCUT2D eigenvalue weighted by molar-refractivity contribution is 6.45. The molecule has 0 aliphatic carbocycles. The summed E-state index contributed by atoms with van der Waals surface area (Å²) in [7, 11) is 0. The van der Waals surface area contributed by atoms with E-state index in [1.54, 1.807) is 0 Å². The Bertz CT molecular complexity index is 256. The van der Waals surface area contributed by atoms with Crippen LogP contribution in [0.5, 0.6) is 0 Å². The molecule has 58 valence electrons. The molecule has 2 rings (SSSR count). The lowest BCUT2D eigenvalue weighted by molar-refractivity contribution is -0.133. The summed E-state index contributed by atoms with van der Waals surface area (Å²) in [5.41, 5.74) is 0.473. The first-order chi connectivity index (χ1) is 5.29. The molecule has 2 aliphatic heterocycles. The van der Waals surface area contributed by atoms with Crippen LogP contribution < -0.4 is 5.32 Å². The topological polar surface area (TPSA) is 55.4 Å². The maximum absolute atomic E-state index is 11.0. The maximum Gasteiger partial charge on any atom is 0.292 e. The minimum atomic E-state index is -0.508. The van der Waals surface area contributed by atoms with Gasteiger partial charge in [-0.3, -0.25) is 9.59 Å². The third kappa shape index (κ3) is 0.824. The van der Waals surface area contributed by atoms with E-state index < -0.39 is 11.7 Å². The van der Waals surface area contributed by atoms with Crippen LogP contribution in [0.25, 0.3) is 0 Å². The molecular weight excluding hydrogens is 146 g/mol. The molecule has 0 saturated carbocycles. The molecule has 4 heteroatoms. The molecule has 1 atom stereocenters. The van der Waals surface area contributed by atoms with Crippen molar-refractivity contribution in [3.05, 3.63) is 11.8 Å². The fraction of sp³-hybridized carbons (Fsp3) is 0.429. The molecule has 0 aromatic heterocycles. The summed E-state index contributed by atoms with van der Waals surface area (Å²) in [5, 5.41) is 2.57. The van der Waals surface area contributed by atoms with Crippen LogP contribution in [0.4, 0.5) is 0 Å². The zero-order chi connectivity index (χ0) is 7.84. The first kappa shape index (κ1) is 6.39. The molecule has 0 radical (unpaired) electrons. The van der Waals surface area contributed by atoms with Gasteiger partial charge in [-0.15, -0.1) is 0 Å². The van der Waals surface area contributed by atoms with Crippen molar-refractivity contribution in [3.8, 4) is 0 Å². The van der Waals surface area contributed by atoms with Crippen molar-refractivity contribution in [1.29, 1.82) is 0 Å². The summed E-state index contributed by atoms with van der Waals surface area (Å²) in [5.74, 6) is -0.957. The molecule has 11 heavy (non-hydrogen) atoms. The van der Waals surface area contributed by atoms with Crippen molar-refractivity contribution in [2.45, 2.75) is 12.5 Å². The molecule has 1 N–H and O–H groups in total. The van der Waals surface area contributed by atoms with E-state index in [0.29, 0.717) is 18.6 Å². The standard InChI is InChI=1S/C7H7NO3/c9-6-4-3-11-2-1-5(4)8-7(6)10/h3,5H,1-2H2,(H,8,10). The molecule has 1 amide bonds. The predicted octanol–water partition coefficient (Wildman–Crippen LogP) is -0.642. The Morgan fingerprint density at radius 1 is 1.55 bits per heavy atom. The number of hydrogen-bond donors (Lipinski definition) is 1. The Kier molecular flexibility index (Phi) is 1.21. The fourth-order valence-corrected chi connectivity index (χ4v) is 1.29. The molecular formula is C7H7NO3. The second kappa shape index (κ2) is 2.08. The molecule has 0 aromatic carbocycles. The van der Waals surface area contributed by atoms with Gasteiger partial charge < -0.3 is 10.1 Å². The molecule has 0 aromatic rings. The van der Waals surface area contributed by atoms with Gasteiger partial charge in [0.05, 0.1) is 24.5 Å². The van der Waals surface area contributed by atoms with Gasteiger partial charge in [0.15, 0.2) is 0 Å². The van der Waals surface area contributed by atoms with Crippen molar-refractivity contribution in [2.24, 2.45) is 0 Å². The van der Waals surface area contributed by atoms with Crippen molar-refractivity contribution in [3.63, 3.8) is 0 Å². The number of ether oxygens (including phenoxy) is 1. The molecule has 0 bridgehead atoms. The number of carbonyl (C=O) groups is 2. The van der Waals surface area contributed by atoms with Crippen molar-refractivity contribution in [2.75, 3.05) is 6.61 Å². The molecule has 2 aliphatic rings. The third-order valence-electron chi connectivity index (χ3n) is 1.88. The maximum atomic E-state index is 11.0. The number of carbonyl (C=O) groups excluding carboxylic acids is 2. The van der Waals surface area contributed by atoms with E-state index in [2.05, 4.69) is 5.32 Å². The van der Waals surface area contributed by atoms with Crippen LogP contribution in [-0.2, 0) is 14.3 Å². The van der Waals surface area contributed by atoms with Gasteiger partial charge in [-0.25, -0.2) is 0 Å². The molecule has 0 spiro atoms. The van der Waals surface area contributed by atoms with Crippen LogP contribution in [0, 0.1) is 0 Å². The van der Waals surface area contributed by atoms with Crippen molar-refractivity contribution in [1.82, 2.24) is 5.32 Å². The Labute approximate surface area is 63.2 Å². The van der Waals surface area contributed by atoms with Crippen LogP contribution >= 0.6 is 0 Å². The Hall–Kier alpha value is -1.32. The Balaban J connectivity index is 2.34. The van der Waals surface area contributed by atoms with E-state index >= 15 is 0 Å². The molecule has 1 fully saturated rings. The quantitative estimate of drug-likeness (QED) is 0.471. The monoisotopic (exact) mass is 153 g/mol. The van der Waals surface area contributed by atoms with Crippen LogP contribution in [0.3, 0.4) is 0 Å². The van der Waals surface area contributed by atoms with Gasteiger partial charge in [-0.05, 0) is 0 Å². The van der Waals surface area contributed by atoms with Crippen LogP contribution in [0.15, 0.2) is 11.8 Å². The number of fused-ring (bicyclic) bond motifs is 1. The van der Waals surface area contributed by atoms with Gasteiger partial charge in [0.25, 0.3) is 11.7 Å². The second-order valence-corrected chi connectivity index (χ2v) is 2.59. The van der Waals surface area contributed by atoms with Crippen LogP contribution in [0.2, 0.25) is 0 Å². The average molecular weight is 153 g/mol. The summed E-state index contributed by atoms with van der Waals surface area (Å²) < 4.78 is 4.93. The smallest absolute Gasteiger partial charge is 0.292 e. The Morgan fingerprint density at radius 3 is 3.09 bits per heavy atom. The molecule has 1 saturated heterocycles. The lowest BCUT2D eigenvalue weighted by Crippen LogP contribution is -2.28. The van der Waals surface area contributed by atoms with Gasteiger partial charge in [0.1, 0.15) is 0 Å². The first-order valence-electron chi connectivity index (χ1n) is 3.46. The average Bonchev–Trinajstić information content (AvgIpc) is 2.30. The highest BCUT2D eigenvalue weighted by Gasteiger charge is 2.37. The minimum absolute atomic E-state index is 0.0938. The highest BCUT2D eigenvalue weighted by Crippen LogP contribution is 2.18. The normalized spacial score (nSPS) is 28.7. The van der Waals surface area contributed by atoms with E-state index in [0.717, 1.165) is 0 Å². The third-order valence-corrected chi connectivity index (χ3v) is 1.88. The van der Waals surface area contributed by atoms with Gasteiger partial charge >= 0.3 is 0 Å². The van der Waals surface area contributed by atoms with Crippen LogP contribution in [0.1, 0.15) is 6.42 Å². The van der Waals surface area contributed by atoms with Gasteiger partial charge in [-0.1, -0.05) is 0 Å². The molecule has 2 heterocycles. The first-order valence-corrected chi connectivity index (χ1v) is 3.46. The van der Waals surface area contributed by atoms with E-state index in [4.69, 9.17) is 4.74 Å². The minimum Gasteiger partial charge on any atom is -0.501 e. The summed E-state index contributed by atoms with van der Waals surface area (Å²) in [6, 6.07) is -0.0938. The number of nitrogens with one attached hydrogen (secondary N) is 1. The van der Waals surface area contributed by atoms with Crippen molar-refractivity contribution < 1.29 is 14.3 Å². The van der Waals surface area contributed by atoms with E-state index in [1.165, 1.54) is 6.26 Å². The van der Waals surface area contributed by atoms with E-state index in [1.807, 2.05) is 0 Å². The number of rotatable bonds is 0. The summed E-state index contributed by atoms with van der Waals surface area (Å²) in [6.07, 6.45) is 2.08. The second-order valence-electron chi connectivity index (χ2n) is 2.59. The molecule has 1 unspecified atom stereocenters. The van der Waals surface area contributed by atoms with E-state index in [9.17, 15) is 9.59 Å². The van der Waals surface area contributed by atoms with E-state index in [-0.39, 0.29) is 6.04 Å². The Morgan fingerprint density at radius 2 is 2.36 bits per heavy atom. The lowest BCUT2D eigenvalue weighted by atomic mass is 10.1. The van der Waals surface area contributed by atoms with Gasteiger partial charge in [0, 0.05) is 6.42 Å². The predicted molar refractivity (Wildman–Crippen MR) is 35.6 cm³/mol. The lowest BCUT2D eigenvalue weighted by Gasteiger charge is -2.15. The number of ketones is 1. The van der Waals surface area contributed by atoms with Gasteiger partial charge in [-0.2, -0.15) is 0 Å². The SMILES string of the molecule is O=C1NC2CCOC=C2C1=O. The zero-order valence-corrected chi connectivity index (χ0v) is 5.79. The summed E-state index contributed by atoms with van der Waals surface area (Å²) in [6.45, 7) is 0.571. The number of amides is 1. The fourth-order valence-electron chi connectivity index (χ4n) is 1.29. The zero-order valence-electron chi connectivity index (χ0n) is 5.79. The molecule has 4 nitrogen and oxygen atoms in total. The summed E-state index contributed by atoms with van der Waals surface area (Å²) in [4.78, 5) is 21.8. The highest BCUT2D eigenvalue weighted by atomic mass is 16.5. The summed E-state index contributed by atoms with van der Waals surface area (Å²) >= 11 is 0. The van der Waals surface area contributed by atoms with Crippen LogP contribution in [-0.4, -0.2) is 24.3 Å². The number of Topliss-reactive ketones (excluding diaryl/α,β-unsaturated/α-hetero) is 1.